The molecule has 5 rings (SSSR count). The number of alkyl halides is 3. The number of rotatable bonds is 6. The highest BCUT2D eigenvalue weighted by molar-refractivity contribution is 5.92. The van der Waals surface area contributed by atoms with Crippen LogP contribution in [0, 0.1) is 27.7 Å². The van der Waals surface area contributed by atoms with E-state index >= 15 is 0 Å². The van der Waals surface area contributed by atoms with Gasteiger partial charge in [0.15, 0.2) is 5.58 Å². The summed E-state index contributed by atoms with van der Waals surface area (Å²) >= 11 is 0. The van der Waals surface area contributed by atoms with Gasteiger partial charge in [0.2, 0.25) is 11.2 Å². The molecule has 0 radical (unpaired) electrons. The fraction of sp³-hybridized carbons (Fsp3) is 0.312. The molecule has 0 atom stereocenters. The quantitative estimate of drug-likeness (QED) is 0.240. The van der Waals surface area contributed by atoms with Crippen molar-refractivity contribution in [3.05, 3.63) is 97.9 Å². The summed E-state index contributed by atoms with van der Waals surface area (Å²) in [7, 11) is 0. The first-order valence-electron chi connectivity index (χ1n) is 13.6. The monoisotopic (exact) mass is 582 g/mol. The van der Waals surface area contributed by atoms with Crippen LogP contribution in [0.1, 0.15) is 43.9 Å². The van der Waals surface area contributed by atoms with E-state index in [4.69, 9.17) is 18.6 Å². The Morgan fingerprint density at radius 3 is 2.29 bits per heavy atom. The van der Waals surface area contributed by atoms with Crippen molar-refractivity contribution in [3.8, 4) is 17.2 Å². The molecule has 1 aromatic heterocycles. The molecule has 0 saturated carbocycles. The molecule has 3 aromatic carbocycles. The molecule has 1 saturated heterocycles. The minimum absolute atomic E-state index is 0.0159. The molecule has 0 amide bonds. The maximum absolute atomic E-state index is 14.5. The number of fused-ring (bicyclic) bond motifs is 1. The Morgan fingerprint density at radius 2 is 1.62 bits per heavy atom. The van der Waals surface area contributed by atoms with Crippen LogP contribution < -0.4 is 19.8 Å². The summed E-state index contributed by atoms with van der Waals surface area (Å²) in [6.45, 7) is 9.39. The Bertz CT molecular complexity index is 1700. The summed E-state index contributed by atoms with van der Waals surface area (Å²) < 4.78 is 65.7. The van der Waals surface area contributed by atoms with E-state index in [1.54, 1.807) is 44.2 Å². The van der Waals surface area contributed by atoms with Gasteiger partial charge in [-0.3, -0.25) is 4.79 Å². The average Bonchev–Trinajstić information content (AvgIpc) is 2.94. The third kappa shape index (κ3) is 6.05. The lowest BCUT2D eigenvalue weighted by Gasteiger charge is -2.25. The van der Waals surface area contributed by atoms with Gasteiger partial charge in [-0.15, -0.1) is 0 Å². The molecule has 2 heterocycles. The van der Waals surface area contributed by atoms with Gasteiger partial charge in [0.05, 0.1) is 29.7 Å². The molecule has 42 heavy (non-hydrogen) atoms. The highest BCUT2D eigenvalue weighted by Gasteiger charge is 2.41. The molecule has 0 spiro atoms. The SMILES string of the molecule is Cc1ccc(C(=O)Oc2ccc3c(=O)c(Oc4cc(C)cc(C)c4C)c(C(F)(F)F)oc3c2C[NH+]2CCOCC2)cc1. The van der Waals surface area contributed by atoms with Crippen molar-refractivity contribution in [1.82, 2.24) is 0 Å². The Balaban J connectivity index is 1.68. The van der Waals surface area contributed by atoms with Gasteiger partial charge in [0.1, 0.15) is 31.1 Å². The number of benzene rings is 3. The number of halogens is 3. The van der Waals surface area contributed by atoms with Gasteiger partial charge in [0.25, 0.3) is 5.76 Å². The minimum Gasteiger partial charge on any atom is -0.449 e. The average molecular weight is 583 g/mol. The molecular formula is C32H31F3NO6+. The van der Waals surface area contributed by atoms with Gasteiger partial charge in [-0.1, -0.05) is 23.8 Å². The number of quaternary nitrogens is 1. The summed E-state index contributed by atoms with van der Waals surface area (Å²) in [6.07, 6.45) is -5.05. The van der Waals surface area contributed by atoms with E-state index in [0.29, 0.717) is 31.9 Å². The van der Waals surface area contributed by atoms with Crippen molar-refractivity contribution in [2.24, 2.45) is 0 Å². The molecule has 220 valence electrons. The van der Waals surface area contributed by atoms with E-state index in [2.05, 4.69) is 0 Å². The lowest BCUT2D eigenvalue weighted by atomic mass is 10.1. The largest absolute Gasteiger partial charge is 0.453 e. The van der Waals surface area contributed by atoms with Crippen LogP contribution in [-0.2, 0) is 17.5 Å². The van der Waals surface area contributed by atoms with Crippen LogP contribution in [0.15, 0.2) is 57.7 Å². The molecule has 10 heteroatoms. The summed E-state index contributed by atoms with van der Waals surface area (Å²) in [5, 5.41) is -0.113. The number of morpholine rings is 1. The van der Waals surface area contributed by atoms with Gasteiger partial charge in [-0.2, -0.15) is 13.2 Å². The third-order valence-corrected chi connectivity index (χ3v) is 7.43. The third-order valence-electron chi connectivity index (χ3n) is 7.43. The number of nitrogens with one attached hydrogen (secondary N) is 1. The highest BCUT2D eigenvalue weighted by atomic mass is 19.4. The van der Waals surface area contributed by atoms with Crippen LogP contribution in [0.2, 0.25) is 0 Å². The maximum atomic E-state index is 14.5. The minimum atomic E-state index is -5.05. The fourth-order valence-corrected chi connectivity index (χ4v) is 4.97. The van der Waals surface area contributed by atoms with Crippen LogP contribution in [0.5, 0.6) is 17.2 Å². The number of carbonyl (C=O) groups is 1. The fourth-order valence-electron chi connectivity index (χ4n) is 4.97. The topological polar surface area (TPSA) is 79.4 Å². The molecule has 0 bridgehead atoms. The van der Waals surface area contributed by atoms with Gasteiger partial charge in [-0.25, -0.2) is 4.79 Å². The molecule has 1 fully saturated rings. The zero-order chi connectivity index (χ0) is 30.2. The second-order valence-electron chi connectivity index (χ2n) is 10.6. The van der Waals surface area contributed by atoms with E-state index in [1.807, 2.05) is 19.9 Å². The van der Waals surface area contributed by atoms with Crippen LogP contribution in [0.4, 0.5) is 13.2 Å². The second-order valence-corrected chi connectivity index (χ2v) is 10.6. The molecule has 4 aromatic rings. The number of aryl methyl sites for hydroxylation is 3. The summed E-state index contributed by atoms with van der Waals surface area (Å²) in [4.78, 5) is 27.7. The van der Waals surface area contributed by atoms with Crippen molar-refractivity contribution < 1.29 is 41.5 Å². The zero-order valence-electron chi connectivity index (χ0n) is 23.7. The molecule has 1 aliphatic rings. The van der Waals surface area contributed by atoms with Crippen LogP contribution in [0.25, 0.3) is 11.0 Å². The molecule has 1 aliphatic heterocycles. The smallest absolute Gasteiger partial charge is 0.449 e. The predicted molar refractivity (Wildman–Crippen MR) is 150 cm³/mol. The Labute approximate surface area is 240 Å². The van der Waals surface area contributed by atoms with E-state index in [9.17, 15) is 22.8 Å². The van der Waals surface area contributed by atoms with E-state index < -0.39 is 29.1 Å². The zero-order valence-corrected chi connectivity index (χ0v) is 23.7. The van der Waals surface area contributed by atoms with Crippen molar-refractivity contribution in [2.45, 2.75) is 40.4 Å². The van der Waals surface area contributed by atoms with E-state index in [-0.39, 0.29) is 40.1 Å². The molecule has 0 unspecified atom stereocenters. The summed E-state index contributed by atoms with van der Waals surface area (Å²) in [5.74, 6) is -3.04. The first kappa shape index (κ1) is 29.3. The van der Waals surface area contributed by atoms with Gasteiger partial charge in [-0.05, 0) is 74.7 Å². The number of hydrogen-bond donors (Lipinski definition) is 1. The Kier molecular flexibility index (Phi) is 8.12. The molecule has 0 aliphatic carbocycles. The highest BCUT2D eigenvalue weighted by Crippen LogP contribution is 2.41. The van der Waals surface area contributed by atoms with Crippen molar-refractivity contribution in [3.63, 3.8) is 0 Å². The summed E-state index contributed by atoms with van der Waals surface area (Å²) in [6, 6.07) is 12.9. The first-order valence-corrected chi connectivity index (χ1v) is 13.6. The van der Waals surface area contributed by atoms with E-state index in [0.717, 1.165) is 21.6 Å². The van der Waals surface area contributed by atoms with Gasteiger partial charge < -0.3 is 23.5 Å². The molecular weight excluding hydrogens is 551 g/mol. The first-order chi connectivity index (χ1) is 19.9. The number of carbonyl (C=O) groups excluding carboxylic acids is 1. The van der Waals surface area contributed by atoms with Gasteiger partial charge >= 0.3 is 12.1 Å². The van der Waals surface area contributed by atoms with Crippen LogP contribution >= 0.6 is 0 Å². The Hall–Kier alpha value is -4.15. The summed E-state index contributed by atoms with van der Waals surface area (Å²) in [5.41, 5.74) is 2.30. The van der Waals surface area contributed by atoms with Crippen LogP contribution in [-0.4, -0.2) is 32.3 Å². The lowest BCUT2D eigenvalue weighted by Crippen LogP contribution is -3.12. The molecule has 1 N–H and O–H groups in total. The Morgan fingerprint density at radius 1 is 0.929 bits per heavy atom. The van der Waals surface area contributed by atoms with E-state index in [1.165, 1.54) is 12.1 Å². The van der Waals surface area contributed by atoms with Crippen molar-refractivity contribution in [2.75, 3.05) is 26.3 Å². The van der Waals surface area contributed by atoms with Crippen LogP contribution in [0.3, 0.4) is 0 Å². The number of esters is 1. The predicted octanol–water partition coefficient (Wildman–Crippen LogP) is 5.47. The standard InChI is InChI=1S/C32H30F3NO6/c1-18-5-7-22(8-6-18)31(38)41-25-10-9-23-27(37)29(40-26-16-19(2)15-20(3)21(26)4)30(32(33,34)35)42-28(23)24(25)17-36-11-13-39-14-12-36/h5-10,15-16H,11-14,17H2,1-4H3/p+1. The maximum Gasteiger partial charge on any atom is 0.453 e. The second kappa shape index (κ2) is 11.6. The lowest BCUT2D eigenvalue weighted by molar-refractivity contribution is -0.921. The number of hydrogen-bond acceptors (Lipinski definition) is 6. The molecule has 7 nitrogen and oxygen atoms in total. The van der Waals surface area contributed by atoms with Gasteiger partial charge in [0, 0.05) is 0 Å². The number of ether oxygens (including phenoxy) is 3. The van der Waals surface area contributed by atoms with Crippen molar-refractivity contribution >= 4 is 16.9 Å². The normalized spacial score (nSPS) is 14.3. The van der Waals surface area contributed by atoms with Crippen molar-refractivity contribution in [1.29, 1.82) is 0 Å².